The molecule has 0 unspecified atom stereocenters. The highest BCUT2D eigenvalue weighted by atomic mass is 32.2. The number of rotatable bonds is 7. The first kappa shape index (κ1) is 21.0. The van der Waals surface area contributed by atoms with Crippen LogP contribution in [-0.2, 0) is 14.8 Å². The Morgan fingerprint density at radius 3 is 1.97 bits per heavy atom. The van der Waals surface area contributed by atoms with Crippen molar-refractivity contribution in [2.24, 2.45) is 0 Å². The van der Waals surface area contributed by atoms with Crippen molar-refractivity contribution in [3.63, 3.8) is 0 Å². The average molecular weight is 426 g/mol. The minimum atomic E-state index is -3.90. The standard InChI is InChI=1S/C21H18N2O6S/c24-20(25)14-22-30(27,28)19-12-8-16(9-13-19)15-6-10-18(11-7-15)29-21(26)23-17-4-2-1-3-5-17/h1-13,22H,14H2,(H,23,26)(H,24,25). The highest BCUT2D eigenvalue weighted by Gasteiger charge is 2.15. The Labute approximate surface area is 173 Å². The van der Waals surface area contributed by atoms with Crippen LogP contribution in [0.1, 0.15) is 0 Å². The number of benzene rings is 3. The van der Waals surface area contributed by atoms with Gasteiger partial charge in [-0.2, -0.15) is 4.72 Å². The monoisotopic (exact) mass is 426 g/mol. The van der Waals surface area contributed by atoms with Crippen molar-refractivity contribution in [1.82, 2.24) is 4.72 Å². The predicted octanol–water partition coefficient (Wildman–Crippen LogP) is 3.33. The van der Waals surface area contributed by atoms with Crippen LogP contribution < -0.4 is 14.8 Å². The molecular formula is C21H18N2O6S. The third-order valence-electron chi connectivity index (χ3n) is 4.00. The van der Waals surface area contributed by atoms with Crippen LogP contribution in [0.25, 0.3) is 11.1 Å². The third-order valence-corrected chi connectivity index (χ3v) is 5.41. The van der Waals surface area contributed by atoms with Crippen molar-refractivity contribution >= 4 is 27.8 Å². The van der Waals surface area contributed by atoms with Crippen molar-refractivity contribution in [1.29, 1.82) is 0 Å². The average Bonchev–Trinajstić information content (AvgIpc) is 2.74. The van der Waals surface area contributed by atoms with Gasteiger partial charge in [0.05, 0.1) is 4.90 Å². The fraction of sp³-hybridized carbons (Fsp3) is 0.0476. The molecule has 0 heterocycles. The maximum absolute atomic E-state index is 12.0. The zero-order valence-corrected chi connectivity index (χ0v) is 16.4. The zero-order valence-electron chi connectivity index (χ0n) is 15.6. The minimum absolute atomic E-state index is 0.0370. The van der Waals surface area contributed by atoms with Gasteiger partial charge in [-0.25, -0.2) is 13.2 Å². The van der Waals surface area contributed by atoms with E-state index in [0.717, 1.165) is 11.1 Å². The summed E-state index contributed by atoms with van der Waals surface area (Å²) in [6, 6.07) is 21.6. The molecule has 0 saturated carbocycles. The molecular weight excluding hydrogens is 408 g/mol. The molecule has 3 rings (SSSR count). The molecule has 0 radical (unpaired) electrons. The van der Waals surface area contributed by atoms with Gasteiger partial charge in [-0.05, 0) is 47.5 Å². The summed E-state index contributed by atoms with van der Waals surface area (Å²) in [7, 11) is -3.90. The number of aliphatic carboxylic acids is 1. The number of para-hydroxylation sites is 1. The van der Waals surface area contributed by atoms with Crippen molar-refractivity contribution in [2.45, 2.75) is 4.90 Å². The number of carbonyl (C=O) groups excluding carboxylic acids is 1. The van der Waals surface area contributed by atoms with E-state index in [1.807, 2.05) is 10.8 Å². The summed E-state index contributed by atoms with van der Waals surface area (Å²) in [5.41, 5.74) is 2.15. The number of carboxylic acids is 1. The number of ether oxygens (including phenoxy) is 1. The molecule has 30 heavy (non-hydrogen) atoms. The number of sulfonamides is 1. The lowest BCUT2D eigenvalue weighted by Gasteiger charge is -2.08. The molecule has 3 aromatic rings. The van der Waals surface area contributed by atoms with Crippen molar-refractivity contribution in [3.8, 4) is 16.9 Å². The molecule has 0 spiro atoms. The van der Waals surface area contributed by atoms with E-state index in [1.165, 1.54) is 12.1 Å². The number of carboxylic acid groups (broad SMARTS) is 1. The summed E-state index contributed by atoms with van der Waals surface area (Å²) in [5.74, 6) is -0.917. The quantitative estimate of drug-likeness (QED) is 0.533. The van der Waals surface area contributed by atoms with Crippen LogP contribution in [0.3, 0.4) is 0 Å². The molecule has 0 bridgehead atoms. The van der Waals surface area contributed by atoms with Gasteiger partial charge < -0.3 is 9.84 Å². The van der Waals surface area contributed by atoms with Gasteiger partial charge in [0.2, 0.25) is 10.0 Å². The van der Waals surface area contributed by atoms with Crippen molar-refractivity contribution in [3.05, 3.63) is 78.9 Å². The smallest absolute Gasteiger partial charge is 0.417 e. The van der Waals surface area contributed by atoms with Crippen LogP contribution in [-0.4, -0.2) is 32.1 Å². The van der Waals surface area contributed by atoms with Crippen LogP contribution in [0.2, 0.25) is 0 Å². The number of hydrogen-bond donors (Lipinski definition) is 3. The second kappa shape index (κ2) is 9.21. The molecule has 0 aliphatic rings. The van der Waals surface area contributed by atoms with Gasteiger partial charge in [-0.1, -0.05) is 42.5 Å². The van der Waals surface area contributed by atoms with Crippen molar-refractivity contribution in [2.75, 3.05) is 11.9 Å². The molecule has 0 aliphatic carbocycles. The lowest BCUT2D eigenvalue weighted by atomic mass is 10.1. The molecule has 3 N–H and O–H groups in total. The number of nitrogens with one attached hydrogen (secondary N) is 2. The first-order valence-electron chi connectivity index (χ1n) is 8.79. The first-order chi connectivity index (χ1) is 14.3. The van der Waals surface area contributed by atoms with Crippen LogP contribution in [0.15, 0.2) is 83.8 Å². The van der Waals surface area contributed by atoms with E-state index in [-0.39, 0.29) is 4.90 Å². The van der Waals surface area contributed by atoms with E-state index in [1.54, 1.807) is 60.7 Å². The molecule has 0 atom stereocenters. The molecule has 0 aliphatic heterocycles. The fourth-order valence-electron chi connectivity index (χ4n) is 2.55. The number of amides is 1. The van der Waals surface area contributed by atoms with Gasteiger partial charge in [0.25, 0.3) is 0 Å². The highest BCUT2D eigenvalue weighted by molar-refractivity contribution is 7.89. The minimum Gasteiger partial charge on any atom is -0.480 e. The molecule has 1 amide bonds. The Balaban J connectivity index is 1.64. The molecule has 0 aromatic heterocycles. The van der Waals surface area contributed by atoms with Crippen LogP contribution >= 0.6 is 0 Å². The Morgan fingerprint density at radius 2 is 1.40 bits per heavy atom. The van der Waals surface area contributed by atoms with Gasteiger partial charge in [0.15, 0.2) is 0 Å². The van der Waals surface area contributed by atoms with Gasteiger partial charge in [-0.3, -0.25) is 10.1 Å². The van der Waals surface area contributed by atoms with Gasteiger partial charge >= 0.3 is 12.1 Å². The topological polar surface area (TPSA) is 122 Å². The number of anilines is 1. The van der Waals surface area contributed by atoms with E-state index >= 15 is 0 Å². The van der Waals surface area contributed by atoms with Gasteiger partial charge in [0.1, 0.15) is 12.3 Å². The molecule has 9 heteroatoms. The van der Waals surface area contributed by atoms with Gasteiger partial charge in [0, 0.05) is 5.69 Å². The van der Waals surface area contributed by atoms with E-state index in [9.17, 15) is 18.0 Å². The Hall–Kier alpha value is -3.69. The number of carbonyl (C=O) groups is 2. The molecule has 0 saturated heterocycles. The highest BCUT2D eigenvalue weighted by Crippen LogP contribution is 2.24. The van der Waals surface area contributed by atoms with Crippen LogP contribution in [0, 0.1) is 0 Å². The second-order valence-electron chi connectivity index (χ2n) is 6.15. The maximum atomic E-state index is 12.0. The summed E-state index contributed by atoms with van der Waals surface area (Å²) >= 11 is 0. The van der Waals surface area contributed by atoms with Crippen molar-refractivity contribution < 1.29 is 27.9 Å². The SMILES string of the molecule is O=C(O)CNS(=O)(=O)c1ccc(-c2ccc(OC(=O)Nc3ccccc3)cc2)cc1. The second-order valence-corrected chi connectivity index (χ2v) is 7.91. The van der Waals surface area contributed by atoms with E-state index in [2.05, 4.69) is 5.32 Å². The summed E-state index contributed by atoms with van der Waals surface area (Å²) in [6.45, 7) is -0.691. The lowest BCUT2D eigenvalue weighted by Crippen LogP contribution is -2.29. The summed E-state index contributed by atoms with van der Waals surface area (Å²) in [6.07, 6.45) is -0.614. The molecule has 0 fully saturated rings. The maximum Gasteiger partial charge on any atom is 0.417 e. The Kier molecular flexibility index (Phi) is 6.45. The van der Waals surface area contributed by atoms with E-state index < -0.39 is 28.6 Å². The van der Waals surface area contributed by atoms with E-state index in [4.69, 9.17) is 9.84 Å². The zero-order chi connectivity index (χ0) is 21.6. The molecule has 8 nitrogen and oxygen atoms in total. The largest absolute Gasteiger partial charge is 0.480 e. The first-order valence-corrected chi connectivity index (χ1v) is 10.3. The van der Waals surface area contributed by atoms with E-state index in [0.29, 0.717) is 11.4 Å². The molecule has 154 valence electrons. The fourth-order valence-corrected chi connectivity index (χ4v) is 3.53. The summed E-state index contributed by atoms with van der Waals surface area (Å²) in [5, 5.41) is 11.2. The predicted molar refractivity (Wildman–Crippen MR) is 111 cm³/mol. The molecule has 3 aromatic carbocycles. The third kappa shape index (κ3) is 5.66. The number of hydrogen-bond acceptors (Lipinski definition) is 5. The summed E-state index contributed by atoms with van der Waals surface area (Å²) in [4.78, 5) is 22.4. The van der Waals surface area contributed by atoms with Crippen LogP contribution in [0.4, 0.5) is 10.5 Å². The Bertz CT molecular complexity index is 1130. The lowest BCUT2D eigenvalue weighted by molar-refractivity contribution is -0.135. The van der Waals surface area contributed by atoms with Crippen LogP contribution in [0.5, 0.6) is 5.75 Å². The summed E-state index contributed by atoms with van der Waals surface area (Å²) < 4.78 is 31.3. The van der Waals surface area contributed by atoms with Gasteiger partial charge in [-0.15, -0.1) is 0 Å². The Morgan fingerprint density at radius 1 is 0.833 bits per heavy atom. The normalized spacial score (nSPS) is 10.9.